The summed E-state index contributed by atoms with van der Waals surface area (Å²) in [6, 6.07) is 9.68. The van der Waals surface area contributed by atoms with Crippen LogP contribution < -0.4 is 4.74 Å². The number of carbonyl (C=O) groups is 1. The Bertz CT molecular complexity index is 605. The molecule has 0 amide bonds. The predicted molar refractivity (Wildman–Crippen MR) is 80.5 cm³/mol. The second kappa shape index (κ2) is 7.64. The first-order valence-corrected chi connectivity index (χ1v) is 7.72. The fraction of sp³-hybridized carbons (Fsp3) is 0.267. The molecule has 0 N–H and O–H groups in total. The summed E-state index contributed by atoms with van der Waals surface area (Å²) in [4.78, 5) is 20.2. The van der Waals surface area contributed by atoms with Crippen molar-refractivity contribution in [3.8, 4) is 5.88 Å². The Balaban J connectivity index is 2.20. The summed E-state index contributed by atoms with van der Waals surface area (Å²) in [5, 5.41) is 0.547. The summed E-state index contributed by atoms with van der Waals surface area (Å²) in [6.07, 6.45) is 3.30. The summed E-state index contributed by atoms with van der Waals surface area (Å²) in [7, 11) is 0. The maximum Gasteiger partial charge on any atom is 0.345 e. The molecule has 1 aromatic carbocycles. The number of ether oxygens (including phenoxy) is 2. The lowest BCUT2D eigenvalue weighted by Gasteiger charge is -2.10. The molecule has 0 radical (unpaired) electrons. The molecule has 0 aliphatic rings. The molecule has 0 aliphatic carbocycles. The second-order valence-corrected chi connectivity index (χ2v) is 4.84. The average Bonchev–Trinajstić information content (AvgIpc) is 2.53. The van der Waals surface area contributed by atoms with E-state index in [1.807, 2.05) is 36.6 Å². The van der Waals surface area contributed by atoms with E-state index in [2.05, 4.69) is 9.97 Å². The number of nitrogens with zero attached hydrogens (tertiary/aromatic N) is 2. The maximum absolute atomic E-state index is 11.9. The van der Waals surface area contributed by atoms with Crippen LogP contribution in [0.3, 0.4) is 0 Å². The molecule has 6 heteroatoms. The summed E-state index contributed by atoms with van der Waals surface area (Å²) < 4.78 is 10.7. The van der Waals surface area contributed by atoms with Crippen LogP contribution in [-0.2, 0) is 11.3 Å². The zero-order valence-corrected chi connectivity index (χ0v) is 12.7. The van der Waals surface area contributed by atoms with Gasteiger partial charge in [0.2, 0.25) is 5.88 Å². The van der Waals surface area contributed by atoms with Gasteiger partial charge < -0.3 is 9.47 Å². The molecule has 1 heterocycles. The zero-order chi connectivity index (χ0) is 15.1. The number of thioether (sulfide) groups is 1. The van der Waals surface area contributed by atoms with Crippen LogP contribution in [0, 0.1) is 0 Å². The van der Waals surface area contributed by atoms with Crippen LogP contribution in [0.15, 0.2) is 41.7 Å². The lowest BCUT2D eigenvalue weighted by molar-refractivity contribution is 0.0519. The summed E-state index contributed by atoms with van der Waals surface area (Å²) in [5.74, 6) is -0.232. The molecule has 21 heavy (non-hydrogen) atoms. The molecule has 0 unspecified atom stereocenters. The molecule has 2 rings (SSSR count). The van der Waals surface area contributed by atoms with Gasteiger partial charge in [-0.15, -0.1) is 0 Å². The van der Waals surface area contributed by atoms with Gasteiger partial charge in [0.25, 0.3) is 0 Å². The minimum Gasteiger partial charge on any atom is -0.472 e. The molecule has 0 aliphatic heterocycles. The third-order valence-corrected chi connectivity index (χ3v) is 3.19. The van der Waals surface area contributed by atoms with Crippen molar-refractivity contribution < 1.29 is 14.3 Å². The van der Waals surface area contributed by atoms with E-state index < -0.39 is 5.97 Å². The van der Waals surface area contributed by atoms with Crippen molar-refractivity contribution >= 4 is 17.7 Å². The van der Waals surface area contributed by atoms with E-state index in [1.54, 1.807) is 6.92 Å². The molecular formula is C15H16N2O3S. The van der Waals surface area contributed by atoms with E-state index in [1.165, 1.54) is 18.0 Å². The maximum atomic E-state index is 11.9. The topological polar surface area (TPSA) is 61.3 Å². The lowest BCUT2D eigenvalue weighted by Crippen LogP contribution is -2.10. The van der Waals surface area contributed by atoms with Crippen LogP contribution in [0.5, 0.6) is 5.88 Å². The van der Waals surface area contributed by atoms with Gasteiger partial charge in [-0.3, -0.25) is 0 Å². The zero-order valence-electron chi connectivity index (χ0n) is 11.9. The Kier molecular flexibility index (Phi) is 5.57. The van der Waals surface area contributed by atoms with Crippen molar-refractivity contribution in [1.82, 2.24) is 9.97 Å². The molecule has 0 spiro atoms. The van der Waals surface area contributed by atoms with Crippen LogP contribution in [0.25, 0.3) is 0 Å². The molecule has 2 aromatic rings. The first kappa shape index (κ1) is 15.3. The third kappa shape index (κ3) is 4.19. The van der Waals surface area contributed by atoms with Gasteiger partial charge in [-0.25, -0.2) is 9.78 Å². The van der Waals surface area contributed by atoms with Gasteiger partial charge in [-0.05, 0) is 18.7 Å². The Morgan fingerprint density at radius 1 is 1.29 bits per heavy atom. The normalized spacial score (nSPS) is 10.2. The highest BCUT2D eigenvalue weighted by Crippen LogP contribution is 2.20. The van der Waals surface area contributed by atoms with Crippen molar-refractivity contribution in [3.05, 3.63) is 47.7 Å². The SMILES string of the molecule is CCOC(=O)c1cnc(SC)nc1OCc1ccccc1. The number of aromatic nitrogens is 2. The number of rotatable bonds is 6. The smallest absolute Gasteiger partial charge is 0.345 e. The Morgan fingerprint density at radius 3 is 2.71 bits per heavy atom. The first-order chi connectivity index (χ1) is 10.2. The Labute approximate surface area is 127 Å². The van der Waals surface area contributed by atoms with E-state index >= 15 is 0 Å². The molecule has 0 atom stereocenters. The van der Waals surface area contributed by atoms with E-state index in [0.717, 1.165) is 5.56 Å². The van der Waals surface area contributed by atoms with Gasteiger partial charge >= 0.3 is 5.97 Å². The van der Waals surface area contributed by atoms with Gasteiger partial charge in [-0.1, -0.05) is 42.1 Å². The van der Waals surface area contributed by atoms with Crippen LogP contribution >= 0.6 is 11.8 Å². The highest BCUT2D eigenvalue weighted by Gasteiger charge is 2.17. The first-order valence-electron chi connectivity index (χ1n) is 6.49. The molecular weight excluding hydrogens is 288 g/mol. The minimum absolute atomic E-state index is 0.241. The lowest BCUT2D eigenvalue weighted by atomic mass is 10.2. The summed E-state index contributed by atoms with van der Waals surface area (Å²) in [6.45, 7) is 2.37. The molecule has 110 valence electrons. The van der Waals surface area contributed by atoms with E-state index in [0.29, 0.717) is 18.4 Å². The summed E-state index contributed by atoms with van der Waals surface area (Å²) >= 11 is 1.38. The number of esters is 1. The van der Waals surface area contributed by atoms with Crippen molar-refractivity contribution in [2.24, 2.45) is 0 Å². The Morgan fingerprint density at radius 2 is 2.05 bits per heavy atom. The van der Waals surface area contributed by atoms with Crippen molar-refractivity contribution in [2.45, 2.75) is 18.7 Å². The van der Waals surface area contributed by atoms with Crippen molar-refractivity contribution in [1.29, 1.82) is 0 Å². The highest BCUT2D eigenvalue weighted by atomic mass is 32.2. The number of hydrogen-bond donors (Lipinski definition) is 0. The Hall–Kier alpha value is -2.08. The molecule has 0 saturated heterocycles. The standard InChI is InChI=1S/C15H16N2O3S/c1-3-19-14(18)12-9-16-15(21-2)17-13(12)20-10-11-7-5-4-6-8-11/h4-9H,3,10H2,1-2H3. The van der Waals surface area contributed by atoms with Gasteiger partial charge in [0.1, 0.15) is 12.2 Å². The van der Waals surface area contributed by atoms with Gasteiger partial charge in [0.05, 0.1) is 6.61 Å². The van der Waals surface area contributed by atoms with E-state index in [9.17, 15) is 4.79 Å². The van der Waals surface area contributed by atoms with E-state index in [-0.39, 0.29) is 11.4 Å². The van der Waals surface area contributed by atoms with Crippen LogP contribution in [0.1, 0.15) is 22.8 Å². The molecule has 0 fully saturated rings. The minimum atomic E-state index is -0.479. The van der Waals surface area contributed by atoms with Crippen LogP contribution in [0.4, 0.5) is 0 Å². The van der Waals surface area contributed by atoms with Crippen LogP contribution in [-0.4, -0.2) is 28.8 Å². The van der Waals surface area contributed by atoms with Crippen molar-refractivity contribution in [3.63, 3.8) is 0 Å². The van der Waals surface area contributed by atoms with Gasteiger partial charge in [0, 0.05) is 6.20 Å². The number of hydrogen-bond acceptors (Lipinski definition) is 6. The third-order valence-electron chi connectivity index (χ3n) is 2.63. The quantitative estimate of drug-likeness (QED) is 0.464. The highest BCUT2D eigenvalue weighted by molar-refractivity contribution is 7.98. The van der Waals surface area contributed by atoms with E-state index in [4.69, 9.17) is 9.47 Å². The largest absolute Gasteiger partial charge is 0.472 e. The predicted octanol–water partition coefficient (Wildman–Crippen LogP) is 2.95. The fourth-order valence-electron chi connectivity index (χ4n) is 1.63. The number of carbonyl (C=O) groups excluding carboxylic acids is 1. The molecule has 0 saturated carbocycles. The molecule has 5 nitrogen and oxygen atoms in total. The monoisotopic (exact) mass is 304 g/mol. The molecule has 1 aromatic heterocycles. The average molecular weight is 304 g/mol. The molecule has 0 bridgehead atoms. The number of benzene rings is 1. The van der Waals surface area contributed by atoms with Crippen LogP contribution in [0.2, 0.25) is 0 Å². The summed E-state index contributed by atoms with van der Waals surface area (Å²) in [5.41, 5.74) is 1.24. The fourth-order valence-corrected chi connectivity index (χ4v) is 1.97. The van der Waals surface area contributed by atoms with Crippen molar-refractivity contribution in [2.75, 3.05) is 12.9 Å². The van der Waals surface area contributed by atoms with Gasteiger partial charge in [0.15, 0.2) is 5.16 Å². The van der Waals surface area contributed by atoms with Gasteiger partial charge in [-0.2, -0.15) is 4.98 Å². The second-order valence-electron chi connectivity index (χ2n) is 4.07.